The second-order valence-corrected chi connectivity index (χ2v) is 5.61. The molecule has 0 amide bonds. The lowest BCUT2D eigenvalue weighted by Gasteiger charge is -2.22. The molecule has 4 heteroatoms. The minimum Gasteiger partial charge on any atom is -0.481 e. The minimum absolute atomic E-state index is 0.237. The number of ether oxygens (including phenoxy) is 1. The van der Waals surface area contributed by atoms with Crippen LogP contribution >= 0.6 is 0 Å². The predicted molar refractivity (Wildman–Crippen MR) is 84.3 cm³/mol. The summed E-state index contributed by atoms with van der Waals surface area (Å²) >= 11 is 0. The maximum Gasteiger partial charge on any atom is 0.223 e. The first-order chi connectivity index (χ1) is 10.3. The van der Waals surface area contributed by atoms with E-state index >= 15 is 0 Å². The molecular weight excluding hydrogens is 262 g/mol. The van der Waals surface area contributed by atoms with Crippen molar-refractivity contribution in [2.45, 2.75) is 38.0 Å². The van der Waals surface area contributed by atoms with Crippen LogP contribution in [0.5, 0.6) is 5.88 Å². The Hall–Kier alpha value is -2.10. The molecule has 0 unspecified atom stereocenters. The van der Waals surface area contributed by atoms with E-state index in [0.717, 1.165) is 17.2 Å². The number of nitrogens with zero attached hydrogens (tertiary/aromatic N) is 2. The number of benzene rings is 1. The van der Waals surface area contributed by atoms with E-state index in [4.69, 9.17) is 10.5 Å². The van der Waals surface area contributed by atoms with Crippen LogP contribution < -0.4 is 10.5 Å². The number of nitrogen functional groups attached to an aromatic ring is 1. The summed E-state index contributed by atoms with van der Waals surface area (Å²) in [5.41, 5.74) is 9.00. The Balaban J connectivity index is 1.85. The number of anilines is 1. The molecule has 1 heterocycles. The van der Waals surface area contributed by atoms with E-state index in [1.165, 1.54) is 37.7 Å². The number of rotatable bonds is 3. The molecular formula is C17H21N3O. The van der Waals surface area contributed by atoms with E-state index in [2.05, 4.69) is 34.2 Å². The van der Waals surface area contributed by atoms with E-state index in [1.807, 2.05) is 6.07 Å². The topological polar surface area (TPSA) is 61.0 Å². The Bertz CT molecular complexity index is 604. The van der Waals surface area contributed by atoms with Crippen molar-refractivity contribution in [3.8, 4) is 17.1 Å². The first kappa shape index (κ1) is 13.9. The largest absolute Gasteiger partial charge is 0.481 e. The lowest BCUT2D eigenvalue weighted by atomic mass is 9.84. The smallest absolute Gasteiger partial charge is 0.223 e. The Morgan fingerprint density at radius 3 is 2.43 bits per heavy atom. The molecule has 1 aromatic heterocycles. The SMILES string of the molecule is COc1cc(-c2ccc(C3CCCCC3)cc2)nc(N)n1. The number of nitrogens with two attached hydrogens (primary N) is 1. The van der Waals surface area contributed by atoms with Crippen LogP contribution in [0.2, 0.25) is 0 Å². The van der Waals surface area contributed by atoms with Crippen molar-refractivity contribution in [1.29, 1.82) is 0 Å². The van der Waals surface area contributed by atoms with E-state index in [9.17, 15) is 0 Å². The molecule has 0 radical (unpaired) electrons. The van der Waals surface area contributed by atoms with Crippen LogP contribution in [0.1, 0.15) is 43.6 Å². The minimum atomic E-state index is 0.237. The summed E-state index contributed by atoms with van der Waals surface area (Å²) in [5.74, 6) is 1.45. The molecule has 3 rings (SSSR count). The van der Waals surface area contributed by atoms with Gasteiger partial charge < -0.3 is 10.5 Å². The molecule has 2 aromatic rings. The zero-order chi connectivity index (χ0) is 14.7. The molecule has 1 fully saturated rings. The van der Waals surface area contributed by atoms with Crippen molar-refractivity contribution in [2.24, 2.45) is 0 Å². The lowest BCUT2D eigenvalue weighted by molar-refractivity contribution is 0.398. The van der Waals surface area contributed by atoms with Crippen LogP contribution in [0.3, 0.4) is 0 Å². The van der Waals surface area contributed by atoms with Crippen LogP contribution in [-0.2, 0) is 0 Å². The average Bonchev–Trinajstić information content (AvgIpc) is 2.55. The Kier molecular flexibility index (Phi) is 4.04. The standard InChI is InChI=1S/C17H21N3O/c1-21-16-11-15(19-17(18)20-16)14-9-7-13(8-10-14)12-5-3-2-4-6-12/h7-12H,2-6H2,1H3,(H2,18,19,20). The zero-order valence-electron chi connectivity index (χ0n) is 12.4. The first-order valence-corrected chi connectivity index (χ1v) is 7.55. The summed E-state index contributed by atoms with van der Waals surface area (Å²) < 4.78 is 5.14. The van der Waals surface area contributed by atoms with Gasteiger partial charge >= 0.3 is 0 Å². The molecule has 0 spiro atoms. The van der Waals surface area contributed by atoms with Crippen molar-refractivity contribution < 1.29 is 4.74 Å². The molecule has 2 N–H and O–H groups in total. The van der Waals surface area contributed by atoms with Gasteiger partial charge in [-0.15, -0.1) is 0 Å². The highest BCUT2D eigenvalue weighted by Crippen LogP contribution is 2.33. The number of aromatic nitrogens is 2. The molecule has 0 saturated heterocycles. The zero-order valence-corrected chi connectivity index (χ0v) is 12.4. The lowest BCUT2D eigenvalue weighted by Crippen LogP contribution is -2.04. The van der Waals surface area contributed by atoms with Gasteiger partial charge in [0.15, 0.2) is 0 Å². The van der Waals surface area contributed by atoms with E-state index in [0.29, 0.717) is 5.88 Å². The fourth-order valence-corrected chi connectivity index (χ4v) is 3.06. The molecule has 1 saturated carbocycles. The van der Waals surface area contributed by atoms with E-state index in [-0.39, 0.29) is 5.95 Å². The Labute approximate surface area is 125 Å². The molecule has 1 aromatic carbocycles. The van der Waals surface area contributed by atoms with Gasteiger partial charge in [-0.1, -0.05) is 43.5 Å². The van der Waals surface area contributed by atoms with Crippen molar-refractivity contribution in [3.63, 3.8) is 0 Å². The molecule has 110 valence electrons. The molecule has 0 aliphatic heterocycles. The maximum atomic E-state index is 5.72. The molecule has 1 aliphatic rings. The average molecular weight is 283 g/mol. The third kappa shape index (κ3) is 3.15. The summed E-state index contributed by atoms with van der Waals surface area (Å²) in [5, 5.41) is 0. The highest BCUT2D eigenvalue weighted by molar-refractivity contribution is 5.61. The van der Waals surface area contributed by atoms with E-state index in [1.54, 1.807) is 7.11 Å². The van der Waals surface area contributed by atoms with Crippen LogP contribution in [0.25, 0.3) is 11.3 Å². The molecule has 4 nitrogen and oxygen atoms in total. The molecule has 0 bridgehead atoms. The normalized spacial score (nSPS) is 15.9. The fourth-order valence-electron chi connectivity index (χ4n) is 3.06. The van der Waals surface area contributed by atoms with E-state index < -0.39 is 0 Å². The van der Waals surface area contributed by atoms with Gasteiger partial charge in [0.25, 0.3) is 0 Å². The van der Waals surface area contributed by atoms with Gasteiger partial charge in [0.2, 0.25) is 11.8 Å². The summed E-state index contributed by atoms with van der Waals surface area (Å²) in [7, 11) is 1.58. The van der Waals surface area contributed by atoms with Gasteiger partial charge in [0, 0.05) is 11.6 Å². The highest BCUT2D eigenvalue weighted by Gasteiger charge is 2.15. The summed E-state index contributed by atoms with van der Waals surface area (Å²) in [6, 6.07) is 10.5. The van der Waals surface area contributed by atoms with Crippen molar-refractivity contribution in [2.75, 3.05) is 12.8 Å². The number of hydrogen-bond acceptors (Lipinski definition) is 4. The van der Waals surface area contributed by atoms with Gasteiger partial charge in [0.05, 0.1) is 12.8 Å². The van der Waals surface area contributed by atoms with Crippen molar-refractivity contribution >= 4 is 5.95 Å². The number of methoxy groups -OCH3 is 1. The fraction of sp³-hybridized carbons (Fsp3) is 0.412. The molecule has 0 atom stereocenters. The summed E-state index contributed by atoms with van der Waals surface area (Å²) in [6.45, 7) is 0. The molecule has 21 heavy (non-hydrogen) atoms. The van der Waals surface area contributed by atoms with Crippen LogP contribution in [0, 0.1) is 0 Å². The Morgan fingerprint density at radius 2 is 1.76 bits per heavy atom. The third-order valence-electron chi connectivity index (χ3n) is 4.21. The second-order valence-electron chi connectivity index (χ2n) is 5.61. The monoisotopic (exact) mass is 283 g/mol. The summed E-state index contributed by atoms with van der Waals surface area (Å²) in [6.07, 6.45) is 6.72. The first-order valence-electron chi connectivity index (χ1n) is 7.55. The second kappa shape index (κ2) is 6.12. The third-order valence-corrected chi connectivity index (χ3v) is 4.21. The predicted octanol–water partition coefficient (Wildman–Crippen LogP) is 3.78. The van der Waals surface area contributed by atoms with Crippen LogP contribution in [0.15, 0.2) is 30.3 Å². The summed E-state index contributed by atoms with van der Waals surface area (Å²) in [4.78, 5) is 8.29. The van der Waals surface area contributed by atoms with Crippen LogP contribution in [0.4, 0.5) is 5.95 Å². The van der Waals surface area contributed by atoms with Crippen molar-refractivity contribution in [3.05, 3.63) is 35.9 Å². The van der Waals surface area contributed by atoms with Gasteiger partial charge in [0.1, 0.15) is 0 Å². The maximum absolute atomic E-state index is 5.72. The quantitative estimate of drug-likeness (QED) is 0.931. The van der Waals surface area contributed by atoms with Gasteiger partial charge in [-0.3, -0.25) is 0 Å². The van der Waals surface area contributed by atoms with Gasteiger partial charge in [-0.2, -0.15) is 4.98 Å². The van der Waals surface area contributed by atoms with Crippen LogP contribution in [-0.4, -0.2) is 17.1 Å². The Morgan fingerprint density at radius 1 is 1.05 bits per heavy atom. The highest BCUT2D eigenvalue weighted by atomic mass is 16.5. The van der Waals surface area contributed by atoms with Gasteiger partial charge in [-0.05, 0) is 24.3 Å². The van der Waals surface area contributed by atoms with Crippen molar-refractivity contribution in [1.82, 2.24) is 9.97 Å². The molecule has 1 aliphatic carbocycles. The number of hydrogen-bond donors (Lipinski definition) is 1. The van der Waals surface area contributed by atoms with Gasteiger partial charge in [-0.25, -0.2) is 4.98 Å².